The van der Waals surface area contributed by atoms with Gasteiger partial charge in [-0.05, 0) is 61.7 Å². The first kappa shape index (κ1) is 18.6. The molecule has 158 valence electrons. The predicted molar refractivity (Wildman–Crippen MR) is 102 cm³/mol. The van der Waals surface area contributed by atoms with E-state index in [1.165, 1.54) is 12.8 Å². The number of hydrogen-bond acceptors (Lipinski definition) is 5. The number of ether oxygens (including phenoxy) is 4. The molecule has 7 atom stereocenters. The van der Waals surface area contributed by atoms with Crippen LogP contribution >= 0.6 is 0 Å². The predicted octanol–water partition coefficient (Wildman–Crippen LogP) is 3.49. The van der Waals surface area contributed by atoms with Crippen molar-refractivity contribution in [2.24, 2.45) is 34.5 Å². The van der Waals surface area contributed by atoms with E-state index in [4.69, 9.17) is 18.9 Å². The molecule has 2 heterocycles. The van der Waals surface area contributed by atoms with Gasteiger partial charge in [-0.15, -0.1) is 0 Å². The monoisotopic (exact) mass is 392 g/mol. The van der Waals surface area contributed by atoms with Crippen LogP contribution in [0.5, 0.6) is 0 Å². The second kappa shape index (κ2) is 5.94. The minimum absolute atomic E-state index is 0.0460. The second-order valence-corrected chi connectivity index (χ2v) is 11.0. The molecule has 28 heavy (non-hydrogen) atoms. The van der Waals surface area contributed by atoms with Crippen LogP contribution < -0.4 is 0 Å². The lowest BCUT2D eigenvalue weighted by Crippen LogP contribution is -2.65. The normalized spacial score (nSPS) is 53.9. The summed E-state index contributed by atoms with van der Waals surface area (Å²) in [6.07, 6.45) is 8.30. The van der Waals surface area contributed by atoms with Gasteiger partial charge in [-0.3, -0.25) is 0 Å². The van der Waals surface area contributed by atoms with Crippen LogP contribution in [-0.4, -0.2) is 49.2 Å². The fourth-order valence-corrected chi connectivity index (χ4v) is 8.84. The summed E-state index contributed by atoms with van der Waals surface area (Å²) >= 11 is 0. The Hall–Kier alpha value is -0.200. The molecule has 2 saturated heterocycles. The van der Waals surface area contributed by atoms with Crippen molar-refractivity contribution in [3.8, 4) is 0 Å². The third-order valence-electron chi connectivity index (χ3n) is 10.2. The summed E-state index contributed by atoms with van der Waals surface area (Å²) in [5.41, 5.74) is 0.337. The van der Waals surface area contributed by atoms with E-state index in [2.05, 4.69) is 13.8 Å². The Kier molecular flexibility index (Phi) is 3.94. The largest absolute Gasteiger partial charge is 0.393 e. The number of aliphatic hydroxyl groups is 1. The maximum atomic E-state index is 10.4. The van der Waals surface area contributed by atoms with Crippen LogP contribution in [0.1, 0.15) is 65.2 Å². The van der Waals surface area contributed by atoms with Crippen molar-refractivity contribution in [3.63, 3.8) is 0 Å². The molecule has 0 unspecified atom stereocenters. The van der Waals surface area contributed by atoms with E-state index >= 15 is 0 Å². The lowest BCUT2D eigenvalue weighted by molar-refractivity contribution is -0.317. The summed E-state index contributed by atoms with van der Waals surface area (Å²) in [5.74, 6) is 1.19. The van der Waals surface area contributed by atoms with Crippen molar-refractivity contribution in [1.29, 1.82) is 0 Å². The van der Waals surface area contributed by atoms with Crippen molar-refractivity contribution < 1.29 is 24.1 Å². The summed E-state index contributed by atoms with van der Waals surface area (Å²) in [6.45, 7) is 7.80. The number of aliphatic hydroxyl groups excluding tert-OH is 1. The first-order chi connectivity index (χ1) is 13.4. The zero-order valence-electron chi connectivity index (χ0n) is 17.5. The lowest BCUT2D eigenvalue weighted by atomic mass is 9.43. The average Bonchev–Trinajstić information content (AvgIpc) is 3.39. The third kappa shape index (κ3) is 2.16. The van der Waals surface area contributed by atoms with Gasteiger partial charge in [0.2, 0.25) is 0 Å². The molecular weight excluding hydrogens is 356 g/mol. The van der Waals surface area contributed by atoms with Crippen LogP contribution in [0.4, 0.5) is 0 Å². The van der Waals surface area contributed by atoms with Crippen molar-refractivity contribution in [1.82, 2.24) is 0 Å². The van der Waals surface area contributed by atoms with Gasteiger partial charge in [0.25, 0.3) is 0 Å². The van der Waals surface area contributed by atoms with E-state index in [-0.39, 0.29) is 17.3 Å². The molecule has 6 rings (SSSR count). The highest BCUT2D eigenvalue weighted by molar-refractivity contribution is 5.16. The number of fused-ring (bicyclic) bond motifs is 7. The Morgan fingerprint density at radius 2 is 1.46 bits per heavy atom. The van der Waals surface area contributed by atoms with Gasteiger partial charge in [-0.1, -0.05) is 13.8 Å². The molecule has 0 radical (unpaired) electrons. The first-order valence-electron chi connectivity index (χ1n) is 11.7. The van der Waals surface area contributed by atoms with Crippen LogP contribution in [0.25, 0.3) is 0 Å². The van der Waals surface area contributed by atoms with E-state index in [0.717, 1.165) is 51.7 Å². The van der Waals surface area contributed by atoms with E-state index in [9.17, 15) is 5.11 Å². The van der Waals surface area contributed by atoms with Crippen LogP contribution in [0.15, 0.2) is 0 Å². The zero-order valence-corrected chi connectivity index (χ0v) is 17.5. The Balaban J connectivity index is 1.43. The van der Waals surface area contributed by atoms with E-state index in [1.807, 2.05) is 0 Å². The molecule has 5 nitrogen and oxygen atoms in total. The SMILES string of the molecule is C[C@]12CC[C@H](O)C[C@@H]1CC1(OCCO1)[C@@H]1[C@H]3CCC4(OCCO4)[C@@]3(C)CC[C@@H]12. The minimum atomic E-state index is -0.456. The van der Waals surface area contributed by atoms with Gasteiger partial charge in [-0.25, -0.2) is 0 Å². The Bertz CT molecular complexity index is 639. The molecule has 6 aliphatic rings. The third-order valence-corrected chi connectivity index (χ3v) is 10.2. The second-order valence-electron chi connectivity index (χ2n) is 11.0. The molecule has 0 bridgehead atoms. The van der Waals surface area contributed by atoms with Crippen molar-refractivity contribution >= 4 is 0 Å². The molecule has 6 fully saturated rings. The molecule has 4 aliphatic carbocycles. The van der Waals surface area contributed by atoms with Gasteiger partial charge in [-0.2, -0.15) is 0 Å². The summed E-state index contributed by atoms with van der Waals surface area (Å²) < 4.78 is 25.6. The fourth-order valence-electron chi connectivity index (χ4n) is 8.84. The lowest BCUT2D eigenvalue weighted by Gasteiger charge is -2.65. The first-order valence-corrected chi connectivity index (χ1v) is 11.7. The standard InChI is InChI=1S/C23H36O5/c1-20-6-3-16(24)13-15(20)14-22(25-9-10-26-22)19-17(20)4-7-21(2)18(19)5-8-23(21)27-11-12-28-23/h15-19,24H,3-14H2,1-2H3/t15-,16+,17+,18-,19+,20+,21+/m1/s1. The van der Waals surface area contributed by atoms with Gasteiger partial charge in [0.05, 0.1) is 32.5 Å². The van der Waals surface area contributed by atoms with Crippen molar-refractivity contribution in [3.05, 3.63) is 0 Å². The Morgan fingerprint density at radius 1 is 0.786 bits per heavy atom. The zero-order chi connectivity index (χ0) is 19.2. The molecule has 4 saturated carbocycles. The van der Waals surface area contributed by atoms with Crippen LogP contribution in [0.3, 0.4) is 0 Å². The summed E-state index contributed by atoms with van der Waals surface area (Å²) in [6, 6.07) is 0. The van der Waals surface area contributed by atoms with Crippen molar-refractivity contribution in [2.75, 3.05) is 26.4 Å². The highest BCUT2D eigenvalue weighted by Gasteiger charge is 2.72. The number of hydrogen-bond donors (Lipinski definition) is 1. The quantitative estimate of drug-likeness (QED) is 0.684. The molecule has 0 amide bonds. The van der Waals surface area contributed by atoms with Gasteiger partial charge < -0.3 is 24.1 Å². The molecule has 0 aromatic heterocycles. The highest BCUT2D eigenvalue weighted by Crippen LogP contribution is 2.72. The van der Waals surface area contributed by atoms with E-state index in [1.54, 1.807) is 0 Å². The highest BCUT2D eigenvalue weighted by atomic mass is 16.7. The van der Waals surface area contributed by atoms with Crippen molar-refractivity contribution in [2.45, 2.75) is 82.9 Å². The molecule has 0 aromatic rings. The Labute approximate surface area is 168 Å². The van der Waals surface area contributed by atoms with Crippen LogP contribution in [0.2, 0.25) is 0 Å². The summed E-state index contributed by atoms with van der Waals surface area (Å²) in [5, 5.41) is 10.4. The van der Waals surface area contributed by atoms with Gasteiger partial charge in [0.15, 0.2) is 11.6 Å². The topological polar surface area (TPSA) is 57.2 Å². The maximum Gasteiger partial charge on any atom is 0.174 e. The van der Waals surface area contributed by atoms with Gasteiger partial charge in [0.1, 0.15) is 0 Å². The Morgan fingerprint density at radius 3 is 2.21 bits per heavy atom. The molecular formula is C23H36O5. The molecule has 2 spiro atoms. The molecule has 1 N–H and O–H groups in total. The minimum Gasteiger partial charge on any atom is -0.393 e. The van der Waals surface area contributed by atoms with E-state index < -0.39 is 5.79 Å². The van der Waals surface area contributed by atoms with Crippen LogP contribution in [-0.2, 0) is 18.9 Å². The molecule has 2 aliphatic heterocycles. The smallest absolute Gasteiger partial charge is 0.174 e. The van der Waals surface area contributed by atoms with Gasteiger partial charge >= 0.3 is 0 Å². The number of rotatable bonds is 0. The van der Waals surface area contributed by atoms with E-state index in [0.29, 0.717) is 42.3 Å². The summed E-state index contributed by atoms with van der Waals surface area (Å²) in [7, 11) is 0. The fraction of sp³-hybridized carbons (Fsp3) is 1.00. The summed E-state index contributed by atoms with van der Waals surface area (Å²) in [4.78, 5) is 0. The van der Waals surface area contributed by atoms with Crippen LogP contribution in [0, 0.1) is 34.5 Å². The maximum absolute atomic E-state index is 10.4. The van der Waals surface area contributed by atoms with Gasteiger partial charge in [0, 0.05) is 24.2 Å². The molecule has 5 heteroatoms. The molecule has 0 aromatic carbocycles. The average molecular weight is 393 g/mol.